The number of pyridine rings is 1. The van der Waals surface area contributed by atoms with Crippen LogP contribution in [-0.2, 0) is 16.1 Å². The topological polar surface area (TPSA) is 54.5 Å². The smallest absolute Gasteiger partial charge is 0.331 e. The number of nitriles is 1. The van der Waals surface area contributed by atoms with Gasteiger partial charge in [0.2, 0.25) is 0 Å². The van der Waals surface area contributed by atoms with E-state index in [1.54, 1.807) is 10.6 Å². The average Bonchev–Trinajstić information content (AvgIpc) is 2.97. The van der Waals surface area contributed by atoms with Crippen LogP contribution < -0.4 is 0 Å². The van der Waals surface area contributed by atoms with Gasteiger partial charge in [0.25, 0.3) is 0 Å². The Morgan fingerprint density at radius 2 is 2.16 bits per heavy atom. The number of hydrogen-bond acceptors (Lipinski definition) is 3. The van der Waals surface area contributed by atoms with E-state index in [1.807, 2.05) is 24.4 Å². The lowest BCUT2D eigenvalue weighted by molar-refractivity contribution is -0.138. The highest BCUT2D eigenvalue weighted by Gasteiger charge is 2.11. The summed E-state index contributed by atoms with van der Waals surface area (Å²) in [5.41, 5.74) is 1.91. The van der Waals surface area contributed by atoms with Gasteiger partial charge in [-0.2, -0.15) is 5.26 Å². The molecule has 0 radical (unpaired) electrons. The summed E-state index contributed by atoms with van der Waals surface area (Å²) < 4.78 is 20.6. The van der Waals surface area contributed by atoms with Crippen molar-refractivity contribution in [2.75, 3.05) is 0 Å². The van der Waals surface area contributed by atoms with E-state index in [1.165, 1.54) is 24.3 Å². The summed E-state index contributed by atoms with van der Waals surface area (Å²) >= 11 is 5.89. The van der Waals surface area contributed by atoms with Crippen molar-refractivity contribution in [1.29, 1.82) is 5.26 Å². The largest absolute Gasteiger partial charge is 0.458 e. The van der Waals surface area contributed by atoms with Gasteiger partial charge in [0.1, 0.15) is 18.5 Å². The monoisotopic (exact) mass is 354 g/mol. The fraction of sp³-hybridized carbons (Fsp3) is 0.0526. The van der Waals surface area contributed by atoms with Gasteiger partial charge < -0.3 is 9.14 Å². The van der Waals surface area contributed by atoms with Gasteiger partial charge in [0, 0.05) is 29.6 Å². The molecule has 0 aliphatic rings. The molecule has 2 heterocycles. The zero-order valence-electron chi connectivity index (χ0n) is 12.9. The van der Waals surface area contributed by atoms with Gasteiger partial charge >= 0.3 is 5.97 Å². The first-order valence-corrected chi connectivity index (χ1v) is 7.75. The van der Waals surface area contributed by atoms with E-state index in [0.29, 0.717) is 11.1 Å². The summed E-state index contributed by atoms with van der Waals surface area (Å²) in [5, 5.41) is 9.51. The van der Waals surface area contributed by atoms with Crippen molar-refractivity contribution in [3.05, 3.63) is 82.4 Å². The van der Waals surface area contributed by atoms with Gasteiger partial charge in [-0.25, -0.2) is 9.18 Å². The first-order chi connectivity index (χ1) is 12.1. The summed E-state index contributed by atoms with van der Waals surface area (Å²) in [6.45, 7) is -0.0568. The molecule has 0 atom stereocenters. The quantitative estimate of drug-likeness (QED) is 0.516. The maximum Gasteiger partial charge on any atom is 0.331 e. The Morgan fingerprint density at radius 3 is 2.92 bits per heavy atom. The summed E-state index contributed by atoms with van der Waals surface area (Å²) in [5.74, 6) is -1.18. The number of fused-ring (bicyclic) bond motifs is 1. The number of ether oxygens (including phenoxy) is 1. The lowest BCUT2D eigenvalue weighted by Crippen LogP contribution is -2.01. The average molecular weight is 355 g/mol. The van der Waals surface area contributed by atoms with Crippen LogP contribution >= 0.6 is 11.6 Å². The second-order valence-corrected chi connectivity index (χ2v) is 5.62. The molecule has 0 bridgehead atoms. The van der Waals surface area contributed by atoms with E-state index < -0.39 is 11.8 Å². The first-order valence-electron chi connectivity index (χ1n) is 7.37. The molecular formula is C19H12ClFN2O2. The number of esters is 1. The molecule has 0 saturated carbocycles. The zero-order valence-corrected chi connectivity index (χ0v) is 13.7. The number of carbonyl (C=O) groups excluding carboxylic acids is 1. The Kier molecular flexibility index (Phi) is 4.82. The summed E-state index contributed by atoms with van der Waals surface area (Å²) in [6, 6.07) is 11.9. The van der Waals surface area contributed by atoms with E-state index in [-0.39, 0.29) is 17.2 Å². The van der Waals surface area contributed by atoms with Crippen molar-refractivity contribution >= 4 is 29.2 Å². The van der Waals surface area contributed by atoms with Crippen molar-refractivity contribution in [2.45, 2.75) is 6.61 Å². The molecule has 1 aromatic carbocycles. The fourth-order valence-electron chi connectivity index (χ4n) is 2.43. The van der Waals surface area contributed by atoms with Crippen LogP contribution in [-0.4, -0.2) is 10.4 Å². The summed E-state index contributed by atoms with van der Waals surface area (Å²) in [4.78, 5) is 11.9. The summed E-state index contributed by atoms with van der Waals surface area (Å²) in [7, 11) is 0. The number of aromatic nitrogens is 1. The van der Waals surface area contributed by atoms with Crippen molar-refractivity contribution in [1.82, 2.24) is 4.40 Å². The Hall–Kier alpha value is -3.10. The highest BCUT2D eigenvalue weighted by Crippen LogP contribution is 2.21. The Bertz CT molecular complexity index is 998. The molecule has 2 aromatic heterocycles. The molecule has 0 amide bonds. The standard InChI is InChI=1S/C19H12ClFN2O2/c20-16-4-3-5-17(21)14(16)7-8-19(24)25-12-13-11-23-9-2-1-6-18(23)15(13)10-22/h1-9,11H,12H2/b8-7-. The Balaban J connectivity index is 1.73. The number of nitrogens with zero attached hydrogens (tertiary/aromatic N) is 2. The van der Waals surface area contributed by atoms with Crippen molar-refractivity contribution in [3.8, 4) is 6.07 Å². The van der Waals surface area contributed by atoms with Gasteiger partial charge in [-0.15, -0.1) is 0 Å². The number of carbonyl (C=O) groups is 1. The molecule has 124 valence electrons. The van der Waals surface area contributed by atoms with Crippen molar-refractivity contribution in [3.63, 3.8) is 0 Å². The molecule has 0 fully saturated rings. The van der Waals surface area contributed by atoms with Crippen molar-refractivity contribution in [2.24, 2.45) is 0 Å². The second kappa shape index (κ2) is 7.20. The van der Waals surface area contributed by atoms with Crippen LogP contribution in [0.2, 0.25) is 5.02 Å². The molecule has 3 rings (SSSR count). The lowest BCUT2D eigenvalue weighted by atomic mass is 10.2. The van der Waals surface area contributed by atoms with E-state index in [9.17, 15) is 14.4 Å². The maximum atomic E-state index is 13.6. The Labute approximate surface area is 148 Å². The molecule has 0 spiro atoms. The van der Waals surface area contributed by atoms with Crippen LogP contribution in [0.1, 0.15) is 16.7 Å². The van der Waals surface area contributed by atoms with Crippen molar-refractivity contribution < 1.29 is 13.9 Å². The molecule has 0 aliphatic heterocycles. The van der Waals surface area contributed by atoms with Crippen LogP contribution in [0, 0.1) is 17.1 Å². The third-order valence-corrected chi connectivity index (χ3v) is 3.96. The van der Waals surface area contributed by atoms with Crippen LogP contribution in [0.25, 0.3) is 11.6 Å². The van der Waals surface area contributed by atoms with Gasteiger partial charge in [0.15, 0.2) is 0 Å². The van der Waals surface area contributed by atoms with E-state index in [0.717, 1.165) is 11.6 Å². The van der Waals surface area contributed by atoms with Gasteiger partial charge in [0.05, 0.1) is 16.1 Å². The van der Waals surface area contributed by atoms with Gasteiger partial charge in [-0.05, 0) is 30.3 Å². The first kappa shape index (κ1) is 16.7. The van der Waals surface area contributed by atoms with E-state index in [4.69, 9.17) is 16.3 Å². The summed E-state index contributed by atoms with van der Waals surface area (Å²) in [6.07, 6.45) is 5.91. The molecule has 25 heavy (non-hydrogen) atoms. The predicted molar refractivity (Wildman–Crippen MR) is 92.4 cm³/mol. The lowest BCUT2D eigenvalue weighted by Gasteiger charge is -2.01. The second-order valence-electron chi connectivity index (χ2n) is 5.21. The SMILES string of the molecule is N#Cc1c(COC(=O)/C=C\c2c(F)cccc2Cl)cn2ccccc12. The third kappa shape index (κ3) is 3.54. The molecule has 0 unspecified atom stereocenters. The van der Waals surface area contributed by atoms with Crippen LogP contribution in [0.5, 0.6) is 0 Å². The minimum absolute atomic E-state index is 0.0568. The fourth-order valence-corrected chi connectivity index (χ4v) is 2.66. The molecule has 0 saturated heterocycles. The number of benzene rings is 1. The molecule has 0 N–H and O–H groups in total. The Morgan fingerprint density at radius 1 is 1.32 bits per heavy atom. The van der Waals surface area contributed by atoms with Crippen LogP contribution in [0.15, 0.2) is 54.9 Å². The normalized spacial score (nSPS) is 10.9. The third-order valence-electron chi connectivity index (χ3n) is 3.63. The minimum Gasteiger partial charge on any atom is -0.458 e. The number of hydrogen-bond donors (Lipinski definition) is 0. The molecule has 0 aliphatic carbocycles. The van der Waals surface area contributed by atoms with Crippen LogP contribution in [0.3, 0.4) is 0 Å². The highest BCUT2D eigenvalue weighted by molar-refractivity contribution is 6.32. The maximum absolute atomic E-state index is 13.6. The number of rotatable bonds is 4. The minimum atomic E-state index is -0.654. The zero-order chi connectivity index (χ0) is 17.8. The highest BCUT2D eigenvalue weighted by atomic mass is 35.5. The molecule has 6 heteroatoms. The van der Waals surface area contributed by atoms with Gasteiger partial charge in [-0.1, -0.05) is 23.7 Å². The van der Waals surface area contributed by atoms with Gasteiger partial charge in [-0.3, -0.25) is 0 Å². The van der Waals surface area contributed by atoms with Crippen LogP contribution in [0.4, 0.5) is 4.39 Å². The molecular weight excluding hydrogens is 343 g/mol. The predicted octanol–water partition coefficient (Wildman–Crippen LogP) is 4.36. The molecule has 3 aromatic rings. The van der Waals surface area contributed by atoms with E-state index >= 15 is 0 Å². The molecule has 4 nitrogen and oxygen atoms in total. The number of halogens is 2. The van der Waals surface area contributed by atoms with E-state index in [2.05, 4.69) is 6.07 Å².